The van der Waals surface area contributed by atoms with Crippen LogP contribution in [0.25, 0.3) is 5.57 Å². The summed E-state index contributed by atoms with van der Waals surface area (Å²) in [6, 6.07) is 1.49. The summed E-state index contributed by atoms with van der Waals surface area (Å²) in [5.41, 5.74) is 0.562. The smallest absolute Gasteiger partial charge is 0.337 e. The maximum Gasteiger partial charge on any atom is 0.337 e. The van der Waals surface area contributed by atoms with Crippen molar-refractivity contribution >= 4 is 17.5 Å². The van der Waals surface area contributed by atoms with Crippen LogP contribution in [0.2, 0.25) is 0 Å². The molecule has 24 heavy (non-hydrogen) atoms. The summed E-state index contributed by atoms with van der Waals surface area (Å²) in [6.07, 6.45) is -0.0586. The Kier molecular flexibility index (Phi) is 5.28. The van der Waals surface area contributed by atoms with Crippen LogP contribution in [0, 0.1) is 0 Å². The van der Waals surface area contributed by atoms with Crippen LogP contribution in [-0.4, -0.2) is 45.0 Å². The molecule has 0 heterocycles. The number of methoxy groups -OCH3 is 3. The van der Waals surface area contributed by atoms with Gasteiger partial charge in [-0.05, 0) is 19.1 Å². The lowest BCUT2D eigenvalue weighted by atomic mass is 9.85. The van der Waals surface area contributed by atoms with Crippen LogP contribution in [0.4, 0.5) is 0 Å². The van der Waals surface area contributed by atoms with Crippen LogP contribution in [0.5, 0.6) is 17.2 Å². The van der Waals surface area contributed by atoms with Gasteiger partial charge in [-0.2, -0.15) is 0 Å². The van der Waals surface area contributed by atoms with Gasteiger partial charge >= 0.3 is 5.97 Å². The fraction of sp³-hybridized carbons (Fsp3) is 0.353. The summed E-state index contributed by atoms with van der Waals surface area (Å²) in [5, 5.41) is 10.6. The van der Waals surface area contributed by atoms with Crippen LogP contribution >= 0.6 is 0 Å². The molecule has 0 saturated carbocycles. The molecule has 0 bridgehead atoms. The highest BCUT2D eigenvalue weighted by atomic mass is 16.5. The van der Waals surface area contributed by atoms with Crippen molar-refractivity contribution in [1.82, 2.24) is 0 Å². The third kappa shape index (κ3) is 2.75. The number of hydrogen-bond donors (Lipinski definition) is 1. The maximum atomic E-state index is 12.0. The van der Waals surface area contributed by atoms with E-state index < -0.39 is 12.1 Å². The molecule has 2 rings (SSSR count). The largest absolute Gasteiger partial charge is 0.493 e. The second-order valence-corrected chi connectivity index (χ2v) is 4.85. The molecule has 1 aliphatic carbocycles. The Bertz CT molecular complexity index is 742. The van der Waals surface area contributed by atoms with Crippen LogP contribution in [0.1, 0.15) is 24.2 Å². The number of fused-ring (bicyclic) bond motifs is 1. The second kappa shape index (κ2) is 7.21. The van der Waals surface area contributed by atoms with Crippen LogP contribution < -0.4 is 14.2 Å². The first-order valence-corrected chi connectivity index (χ1v) is 7.19. The predicted molar refractivity (Wildman–Crippen MR) is 84.9 cm³/mol. The summed E-state index contributed by atoms with van der Waals surface area (Å²) in [6.45, 7) is 1.79. The van der Waals surface area contributed by atoms with Gasteiger partial charge in [-0.3, -0.25) is 0 Å². The third-order valence-corrected chi connectivity index (χ3v) is 3.64. The number of hydrogen-bond acceptors (Lipinski definition) is 7. The Morgan fingerprint density at radius 2 is 1.88 bits per heavy atom. The molecule has 0 aromatic heterocycles. The van der Waals surface area contributed by atoms with Gasteiger partial charge in [0.1, 0.15) is 12.0 Å². The molecule has 0 spiro atoms. The molecule has 1 atom stereocenters. The molecule has 1 aromatic rings. The highest BCUT2D eigenvalue weighted by Gasteiger charge is 2.34. The number of esters is 1. The molecular weight excluding hydrogens is 316 g/mol. The summed E-state index contributed by atoms with van der Waals surface area (Å²) in [4.78, 5) is 23.4. The fourth-order valence-electron chi connectivity index (χ4n) is 2.61. The van der Waals surface area contributed by atoms with Crippen molar-refractivity contribution in [3.05, 3.63) is 28.8 Å². The van der Waals surface area contributed by atoms with Crippen LogP contribution in [0.15, 0.2) is 17.7 Å². The van der Waals surface area contributed by atoms with E-state index in [2.05, 4.69) is 0 Å². The molecule has 1 unspecified atom stereocenters. The van der Waals surface area contributed by atoms with Gasteiger partial charge in [-0.25, -0.2) is 9.59 Å². The van der Waals surface area contributed by atoms with Gasteiger partial charge in [0.05, 0.1) is 39.1 Å². The minimum absolute atomic E-state index is 0.0520. The molecule has 1 aromatic carbocycles. The first kappa shape index (κ1) is 17.6. The van der Waals surface area contributed by atoms with E-state index in [1.165, 1.54) is 33.5 Å². The molecule has 0 radical (unpaired) electrons. The molecule has 128 valence electrons. The van der Waals surface area contributed by atoms with Crippen molar-refractivity contribution in [2.45, 2.75) is 13.0 Å². The minimum Gasteiger partial charge on any atom is -0.493 e. The normalized spacial score (nSPS) is 15.8. The molecule has 0 saturated heterocycles. The molecule has 0 amide bonds. The number of benzene rings is 1. The van der Waals surface area contributed by atoms with Gasteiger partial charge < -0.3 is 24.1 Å². The van der Waals surface area contributed by atoms with Crippen LogP contribution in [0.3, 0.4) is 0 Å². The number of allylic oxidation sites excluding steroid dienone is 2. The standard InChI is InChI=1S/C17H18O7/c1-5-24-17(20)11-6-9(8-18)13-10(14(11)19)7-12(21-2)15(22-3)16(13)23-4/h6-7,14,19H,5H2,1-4H3. The van der Waals surface area contributed by atoms with E-state index in [9.17, 15) is 14.7 Å². The Balaban J connectivity index is 2.75. The highest BCUT2D eigenvalue weighted by Crippen LogP contribution is 2.49. The van der Waals surface area contributed by atoms with Gasteiger partial charge in [0.2, 0.25) is 5.75 Å². The number of aliphatic hydroxyl groups is 1. The average Bonchev–Trinajstić information content (AvgIpc) is 2.60. The summed E-state index contributed by atoms with van der Waals surface area (Å²) in [5.74, 6) is 1.83. The Morgan fingerprint density at radius 3 is 2.38 bits per heavy atom. The molecule has 0 fully saturated rings. The lowest BCUT2D eigenvalue weighted by molar-refractivity contribution is -0.139. The van der Waals surface area contributed by atoms with Crippen molar-refractivity contribution in [2.75, 3.05) is 27.9 Å². The minimum atomic E-state index is -1.30. The van der Waals surface area contributed by atoms with E-state index in [1.807, 2.05) is 0 Å². The number of carbonyl (C=O) groups excluding carboxylic acids is 2. The zero-order chi connectivity index (χ0) is 17.9. The SMILES string of the molecule is CCOC(=O)C1=CC(=C=O)c2c(cc(OC)c(OC)c2OC)C1O. The molecule has 1 aliphatic rings. The fourth-order valence-corrected chi connectivity index (χ4v) is 2.61. The topological polar surface area (TPSA) is 91.3 Å². The second-order valence-electron chi connectivity index (χ2n) is 4.85. The lowest BCUT2D eigenvalue weighted by Crippen LogP contribution is -2.20. The Hall–Kier alpha value is -2.76. The van der Waals surface area contributed by atoms with E-state index in [4.69, 9.17) is 18.9 Å². The van der Waals surface area contributed by atoms with Gasteiger partial charge in [-0.1, -0.05) is 0 Å². The van der Waals surface area contributed by atoms with Crippen molar-refractivity contribution in [1.29, 1.82) is 0 Å². The zero-order valence-corrected chi connectivity index (χ0v) is 13.8. The van der Waals surface area contributed by atoms with Gasteiger partial charge in [0.15, 0.2) is 11.5 Å². The summed E-state index contributed by atoms with van der Waals surface area (Å²) < 4.78 is 20.8. The van der Waals surface area contributed by atoms with Gasteiger partial charge in [0.25, 0.3) is 0 Å². The summed E-state index contributed by atoms with van der Waals surface area (Å²) in [7, 11) is 4.25. The summed E-state index contributed by atoms with van der Waals surface area (Å²) >= 11 is 0. The number of rotatable bonds is 5. The van der Waals surface area contributed by atoms with Crippen LogP contribution in [-0.2, 0) is 14.3 Å². The highest BCUT2D eigenvalue weighted by molar-refractivity contribution is 6.04. The van der Waals surface area contributed by atoms with E-state index in [-0.39, 0.29) is 34.8 Å². The van der Waals surface area contributed by atoms with Crippen molar-refractivity contribution < 1.29 is 33.6 Å². The van der Waals surface area contributed by atoms with E-state index in [1.54, 1.807) is 12.9 Å². The quantitative estimate of drug-likeness (QED) is 0.644. The number of carbonyl (C=O) groups is 1. The molecule has 7 heteroatoms. The van der Waals surface area contributed by atoms with E-state index in [0.717, 1.165) is 0 Å². The molecule has 0 aliphatic heterocycles. The Morgan fingerprint density at radius 1 is 1.21 bits per heavy atom. The van der Waals surface area contributed by atoms with Gasteiger partial charge in [-0.15, -0.1) is 0 Å². The zero-order valence-electron chi connectivity index (χ0n) is 13.8. The average molecular weight is 334 g/mol. The van der Waals surface area contributed by atoms with E-state index in [0.29, 0.717) is 11.3 Å². The molecular formula is C17H18O7. The van der Waals surface area contributed by atoms with Crippen molar-refractivity contribution in [2.24, 2.45) is 0 Å². The first-order chi connectivity index (χ1) is 11.5. The van der Waals surface area contributed by atoms with E-state index >= 15 is 0 Å². The number of ether oxygens (including phenoxy) is 4. The lowest BCUT2D eigenvalue weighted by Gasteiger charge is -2.26. The van der Waals surface area contributed by atoms with Crippen molar-refractivity contribution in [3.8, 4) is 17.2 Å². The maximum absolute atomic E-state index is 12.0. The molecule has 7 nitrogen and oxygen atoms in total. The molecule has 1 N–H and O–H groups in total. The Labute approximate surface area is 139 Å². The first-order valence-electron chi connectivity index (χ1n) is 7.19. The monoisotopic (exact) mass is 334 g/mol. The number of aliphatic hydroxyl groups excluding tert-OH is 1. The van der Waals surface area contributed by atoms with Crippen molar-refractivity contribution in [3.63, 3.8) is 0 Å². The third-order valence-electron chi connectivity index (χ3n) is 3.64. The predicted octanol–water partition coefficient (Wildman–Crippen LogP) is 1.46. The van der Waals surface area contributed by atoms with Gasteiger partial charge in [0, 0.05) is 11.1 Å².